The van der Waals surface area contributed by atoms with Gasteiger partial charge in [-0.15, -0.1) is 0 Å². The van der Waals surface area contributed by atoms with Crippen molar-refractivity contribution >= 4 is 5.82 Å². The second kappa shape index (κ2) is 3.79. The topological polar surface area (TPSA) is 70.3 Å². The summed E-state index contributed by atoms with van der Waals surface area (Å²) >= 11 is 0. The van der Waals surface area contributed by atoms with Crippen molar-refractivity contribution in [2.45, 2.75) is 19.4 Å². The van der Waals surface area contributed by atoms with Crippen LogP contribution in [0.1, 0.15) is 19.7 Å². The molecule has 5 heteroatoms. The Bertz CT molecular complexity index is 326. The molecule has 0 spiro atoms. The van der Waals surface area contributed by atoms with Gasteiger partial charge in [-0.05, 0) is 13.8 Å². The number of hydrogen-bond acceptors (Lipinski definition) is 5. The van der Waals surface area contributed by atoms with Crippen LogP contribution >= 0.6 is 0 Å². The van der Waals surface area contributed by atoms with Crippen molar-refractivity contribution in [3.8, 4) is 5.75 Å². The standard InChI is InChI=1S/C9H15N3O2/c1-9(2,14-4)8-11-5-6(13-3)7(10)12-8/h5H,1-4H3,(H2,10,11,12). The first-order chi connectivity index (χ1) is 6.51. The number of ether oxygens (including phenoxy) is 2. The minimum absolute atomic E-state index is 0.322. The van der Waals surface area contributed by atoms with Gasteiger partial charge in [-0.2, -0.15) is 0 Å². The molecule has 2 N–H and O–H groups in total. The number of anilines is 1. The lowest BCUT2D eigenvalue weighted by atomic mass is 10.1. The fourth-order valence-corrected chi connectivity index (χ4v) is 0.923. The quantitative estimate of drug-likeness (QED) is 0.781. The molecule has 1 aromatic rings. The molecule has 0 atom stereocenters. The molecule has 1 rings (SSSR count). The summed E-state index contributed by atoms with van der Waals surface area (Å²) in [5, 5.41) is 0. The minimum Gasteiger partial charge on any atom is -0.491 e. The van der Waals surface area contributed by atoms with Gasteiger partial charge in [-0.1, -0.05) is 0 Å². The van der Waals surface area contributed by atoms with E-state index in [1.54, 1.807) is 13.3 Å². The summed E-state index contributed by atoms with van der Waals surface area (Å²) in [4.78, 5) is 8.21. The number of hydrogen-bond donors (Lipinski definition) is 1. The molecule has 0 aromatic carbocycles. The SMILES string of the molecule is COc1cnc(C(C)(C)OC)nc1N. The lowest BCUT2D eigenvalue weighted by Gasteiger charge is -2.21. The van der Waals surface area contributed by atoms with Crippen LogP contribution in [-0.2, 0) is 10.3 Å². The van der Waals surface area contributed by atoms with Gasteiger partial charge in [0.05, 0.1) is 13.3 Å². The van der Waals surface area contributed by atoms with Crippen LogP contribution in [0.5, 0.6) is 5.75 Å². The third kappa shape index (κ3) is 1.93. The smallest absolute Gasteiger partial charge is 0.179 e. The number of methoxy groups -OCH3 is 2. The third-order valence-corrected chi connectivity index (χ3v) is 2.05. The number of rotatable bonds is 3. The predicted octanol–water partition coefficient (Wildman–Crippen LogP) is 0.949. The van der Waals surface area contributed by atoms with Gasteiger partial charge in [0, 0.05) is 7.11 Å². The van der Waals surface area contributed by atoms with E-state index in [-0.39, 0.29) is 0 Å². The average Bonchev–Trinajstić information content (AvgIpc) is 2.17. The zero-order chi connectivity index (χ0) is 10.8. The molecule has 0 aliphatic carbocycles. The molecular weight excluding hydrogens is 182 g/mol. The van der Waals surface area contributed by atoms with Gasteiger partial charge in [-0.3, -0.25) is 0 Å². The van der Waals surface area contributed by atoms with E-state index >= 15 is 0 Å². The Morgan fingerprint density at radius 2 is 2.00 bits per heavy atom. The van der Waals surface area contributed by atoms with Gasteiger partial charge in [0.15, 0.2) is 17.4 Å². The summed E-state index contributed by atoms with van der Waals surface area (Å²) in [5.74, 6) is 1.33. The number of nitrogen functional groups attached to an aromatic ring is 1. The van der Waals surface area contributed by atoms with E-state index in [4.69, 9.17) is 15.2 Å². The zero-order valence-corrected chi connectivity index (χ0v) is 8.87. The van der Waals surface area contributed by atoms with Crippen LogP contribution in [0.2, 0.25) is 0 Å². The molecule has 0 saturated carbocycles. The van der Waals surface area contributed by atoms with Crippen molar-refractivity contribution in [1.29, 1.82) is 0 Å². The molecule has 0 fully saturated rings. The highest BCUT2D eigenvalue weighted by atomic mass is 16.5. The van der Waals surface area contributed by atoms with Crippen molar-refractivity contribution in [3.63, 3.8) is 0 Å². The molecule has 5 nitrogen and oxygen atoms in total. The Morgan fingerprint density at radius 1 is 1.36 bits per heavy atom. The van der Waals surface area contributed by atoms with Crippen LogP contribution in [0.15, 0.2) is 6.20 Å². The molecule has 0 saturated heterocycles. The van der Waals surface area contributed by atoms with E-state index in [0.29, 0.717) is 17.4 Å². The highest BCUT2D eigenvalue weighted by Gasteiger charge is 2.23. The maximum absolute atomic E-state index is 5.65. The van der Waals surface area contributed by atoms with Crippen molar-refractivity contribution in [1.82, 2.24) is 9.97 Å². The van der Waals surface area contributed by atoms with Crippen LogP contribution in [0.25, 0.3) is 0 Å². The van der Waals surface area contributed by atoms with E-state index < -0.39 is 5.60 Å². The van der Waals surface area contributed by atoms with Crippen molar-refractivity contribution in [2.75, 3.05) is 20.0 Å². The Morgan fingerprint density at radius 3 is 2.43 bits per heavy atom. The van der Waals surface area contributed by atoms with Gasteiger partial charge >= 0.3 is 0 Å². The maximum atomic E-state index is 5.65. The molecule has 0 unspecified atom stereocenters. The van der Waals surface area contributed by atoms with E-state index in [0.717, 1.165) is 0 Å². The van der Waals surface area contributed by atoms with Crippen molar-refractivity contribution < 1.29 is 9.47 Å². The lowest BCUT2D eigenvalue weighted by molar-refractivity contribution is 0.0115. The van der Waals surface area contributed by atoms with Gasteiger partial charge < -0.3 is 15.2 Å². The van der Waals surface area contributed by atoms with E-state index in [9.17, 15) is 0 Å². The highest BCUT2D eigenvalue weighted by Crippen LogP contribution is 2.24. The van der Waals surface area contributed by atoms with E-state index in [1.165, 1.54) is 7.11 Å². The van der Waals surface area contributed by atoms with Gasteiger partial charge in [-0.25, -0.2) is 9.97 Å². The number of nitrogens with two attached hydrogens (primary N) is 1. The van der Waals surface area contributed by atoms with Crippen LogP contribution in [0, 0.1) is 0 Å². The van der Waals surface area contributed by atoms with Crippen LogP contribution in [0.4, 0.5) is 5.82 Å². The zero-order valence-electron chi connectivity index (χ0n) is 8.87. The first-order valence-corrected chi connectivity index (χ1v) is 4.23. The van der Waals surface area contributed by atoms with Gasteiger partial charge in [0.1, 0.15) is 5.60 Å². The van der Waals surface area contributed by atoms with Crippen LogP contribution in [-0.4, -0.2) is 24.2 Å². The first-order valence-electron chi connectivity index (χ1n) is 4.23. The fourth-order valence-electron chi connectivity index (χ4n) is 0.923. The summed E-state index contributed by atoms with van der Waals surface area (Å²) in [6.07, 6.45) is 1.54. The molecular formula is C9H15N3O2. The maximum Gasteiger partial charge on any atom is 0.179 e. The Labute approximate surface area is 83.3 Å². The summed E-state index contributed by atoms with van der Waals surface area (Å²) in [5.41, 5.74) is 5.11. The molecule has 1 aromatic heterocycles. The second-order valence-corrected chi connectivity index (χ2v) is 3.36. The van der Waals surface area contributed by atoms with Gasteiger partial charge in [0.2, 0.25) is 0 Å². The summed E-state index contributed by atoms with van der Waals surface area (Å²) in [6, 6.07) is 0. The minimum atomic E-state index is -0.541. The van der Waals surface area contributed by atoms with Crippen molar-refractivity contribution in [2.24, 2.45) is 0 Å². The fraction of sp³-hybridized carbons (Fsp3) is 0.556. The predicted molar refractivity (Wildman–Crippen MR) is 53.0 cm³/mol. The molecule has 78 valence electrons. The number of aromatic nitrogens is 2. The number of nitrogens with zero attached hydrogens (tertiary/aromatic N) is 2. The van der Waals surface area contributed by atoms with Gasteiger partial charge in [0.25, 0.3) is 0 Å². The molecule has 0 bridgehead atoms. The summed E-state index contributed by atoms with van der Waals surface area (Å²) in [6.45, 7) is 3.74. The largest absolute Gasteiger partial charge is 0.491 e. The summed E-state index contributed by atoms with van der Waals surface area (Å²) in [7, 11) is 3.12. The molecule has 14 heavy (non-hydrogen) atoms. The Kier molecular flexibility index (Phi) is 2.90. The average molecular weight is 197 g/mol. The molecule has 0 aliphatic rings. The third-order valence-electron chi connectivity index (χ3n) is 2.05. The molecule has 1 heterocycles. The molecule has 0 amide bonds. The molecule has 0 aliphatic heterocycles. The highest BCUT2D eigenvalue weighted by molar-refractivity contribution is 5.44. The normalized spacial score (nSPS) is 11.4. The second-order valence-electron chi connectivity index (χ2n) is 3.36. The van der Waals surface area contributed by atoms with Crippen molar-refractivity contribution in [3.05, 3.63) is 12.0 Å². The lowest BCUT2D eigenvalue weighted by Crippen LogP contribution is -2.23. The molecule has 0 radical (unpaired) electrons. The monoisotopic (exact) mass is 197 g/mol. The first kappa shape index (κ1) is 10.7. The van der Waals surface area contributed by atoms with Crippen LogP contribution in [0.3, 0.4) is 0 Å². The van der Waals surface area contributed by atoms with E-state index in [2.05, 4.69) is 9.97 Å². The van der Waals surface area contributed by atoms with Crippen LogP contribution < -0.4 is 10.5 Å². The Hall–Kier alpha value is -1.36. The van der Waals surface area contributed by atoms with E-state index in [1.807, 2.05) is 13.8 Å². The summed E-state index contributed by atoms with van der Waals surface area (Å²) < 4.78 is 10.2. The Balaban J connectivity index is 3.08.